The fourth-order valence-corrected chi connectivity index (χ4v) is 3.28. The second-order valence-electron chi connectivity index (χ2n) is 5.71. The molecule has 3 atom stereocenters. The lowest BCUT2D eigenvalue weighted by Gasteiger charge is -2.19. The van der Waals surface area contributed by atoms with Crippen LogP contribution in [0.2, 0.25) is 0 Å². The summed E-state index contributed by atoms with van der Waals surface area (Å²) in [5.41, 5.74) is 6.06. The summed E-state index contributed by atoms with van der Waals surface area (Å²) in [6.07, 6.45) is 2.19. The Balaban J connectivity index is 0.00000161. The van der Waals surface area contributed by atoms with E-state index in [-0.39, 0.29) is 36.8 Å². The van der Waals surface area contributed by atoms with E-state index in [1.165, 1.54) is 24.3 Å². The van der Waals surface area contributed by atoms with E-state index in [1.807, 2.05) is 4.90 Å². The van der Waals surface area contributed by atoms with E-state index < -0.39 is 0 Å². The average molecular weight is 315 g/mol. The first-order chi connectivity index (χ1) is 9.63. The predicted octanol–water partition coefficient (Wildman–Crippen LogP) is 1.82. The van der Waals surface area contributed by atoms with Crippen LogP contribution in [0, 0.1) is 17.7 Å². The van der Waals surface area contributed by atoms with Crippen molar-refractivity contribution in [3.63, 3.8) is 0 Å². The molecule has 1 amide bonds. The molecule has 1 aromatic carbocycles. The molecule has 1 aliphatic carbocycles. The minimum absolute atomic E-state index is 0. The molecule has 1 saturated heterocycles. The van der Waals surface area contributed by atoms with Crippen molar-refractivity contribution in [3.8, 4) is 5.75 Å². The Hall–Kier alpha value is -1.33. The highest BCUT2D eigenvalue weighted by molar-refractivity contribution is 5.85. The van der Waals surface area contributed by atoms with Gasteiger partial charge in [-0.25, -0.2) is 4.39 Å². The number of halogens is 2. The largest absolute Gasteiger partial charge is 0.484 e. The molecule has 0 spiro atoms. The van der Waals surface area contributed by atoms with Gasteiger partial charge in [0.1, 0.15) is 11.6 Å². The van der Waals surface area contributed by atoms with Crippen LogP contribution in [0.25, 0.3) is 0 Å². The number of carbonyl (C=O) groups excluding carboxylic acids is 1. The second-order valence-corrected chi connectivity index (χ2v) is 5.71. The van der Waals surface area contributed by atoms with Crippen molar-refractivity contribution >= 4 is 18.3 Å². The van der Waals surface area contributed by atoms with Gasteiger partial charge in [0.25, 0.3) is 5.91 Å². The van der Waals surface area contributed by atoms with Gasteiger partial charge in [0.05, 0.1) is 0 Å². The fourth-order valence-electron chi connectivity index (χ4n) is 3.28. The van der Waals surface area contributed by atoms with Crippen molar-refractivity contribution in [3.05, 3.63) is 30.1 Å². The van der Waals surface area contributed by atoms with Crippen LogP contribution in [-0.2, 0) is 4.79 Å². The summed E-state index contributed by atoms with van der Waals surface area (Å²) in [6, 6.07) is 5.92. The third kappa shape index (κ3) is 3.47. The quantitative estimate of drug-likeness (QED) is 0.926. The maximum Gasteiger partial charge on any atom is 0.260 e. The predicted molar refractivity (Wildman–Crippen MR) is 79.9 cm³/mol. The van der Waals surface area contributed by atoms with Gasteiger partial charge in [-0.2, -0.15) is 0 Å². The zero-order valence-corrected chi connectivity index (χ0v) is 12.5. The average Bonchev–Trinajstić information content (AvgIpc) is 3.01. The van der Waals surface area contributed by atoms with E-state index in [1.54, 1.807) is 0 Å². The standard InChI is InChI=1S/C15H19FN2O2.ClH/c16-11-2-4-12(5-3-11)20-9-15(19)18-7-10-1-6-14(17)13(10)8-18;/h2-5,10,13-14H,1,6-9,17H2;1H. The Morgan fingerprint density at radius 1 is 1.29 bits per heavy atom. The van der Waals surface area contributed by atoms with Crippen LogP contribution in [-0.4, -0.2) is 36.5 Å². The molecule has 0 aromatic heterocycles. The Morgan fingerprint density at radius 3 is 2.67 bits per heavy atom. The summed E-state index contributed by atoms with van der Waals surface area (Å²) in [4.78, 5) is 14.0. The molecule has 3 unspecified atom stereocenters. The Morgan fingerprint density at radius 2 is 2.00 bits per heavy atom. The molecule has 6 heteroatoms. The summed E-state index contributed by atoms with van der Waals surface area (Å²) in [5.74, 6) is 1.18. The summed E-state index contributed by atoms with van der Waals surface area (Å²) in [6.45, 7) is 1.54. The van der Waals surface area contributed by atoms with E-state index >= 15 is 0 Å². The van der Waals surface area contributed by atoms with Gasteiger partial charge >= 0.3 is 0 Å². The lowest BCUT2D eigenvalue weighted by molar-refractivity contribution is -0.132. The van der Waals surface area contributed by atoms with Gasteiger partial charge < -0.3 is 15.4 Å². The molecule has 0 radical (unpaired) electrons. The lowest BCUT2D eigenvalue weighted by Crippen LogP contribution is -2.36. The molecule has 3 rings (SSSR count). The van der Waals surface area contributed by atoms with Crippen LogP contribution >= 0.6 is 12.4 Å². The Bertz CT molecular complexity index is 497. The normalized spacial score (nSPS) is 27.1. The highest BCUT2D eigenvalue weighted by atomic mass is 35.5. The molecule has 1 saturated carbocycles. The number of benzene rings is 1. The van der Waals surface area contributed by atoms with E-state index in [4.69, 9.17) is 10.5 Å². The number of amides is 1. The molecule has 2 N–H and O–H groups in total. The first-order valence-electron chi connectivity index (χ1n) is 7.05. The van der Waals surface area contributed by atoms with Crippen molar-refractivity contribution in [2.24, 2.45) is 17.6 Å². The fraction of sp³-hybridized carbons (Fsp3) is 0.533. The van der Waals surface area contributed by atoms with Crippen LogP contribution in [0.15, 0.2) is 24.3 Å². The molecule has 21 heavy (non-hydrogen) atoms. The summed E-state index contributed by atoms with van der Waals surface area (Å²) in [7, 11) is 0. The maximum atomic E-state index is 12.8. The topological polar surface area (TPSA) is 55.6 Å². The van der Waals surface area contributed by atoms with Gasteiger partial charge in [0, 0.05) is 19.1 Å². The van der Waals surface area contributed by atoms with Gasteiger partial charge in [0.15, 0.2) is 6.61 Å². The van der Waals surface area contributed by atoms with Gasteiger partial charge in [-0.15, -0.1) is 12.4 Å². The third-order valence-corrected chi connectivity index (χ3v) is 4.44. The third-order valence-electron chi connectivity index (χ3n) is 4.44. The number of rotatable bonds is 3. The highest BCUT2D eigenvalue weighted by Crippen LogP contribution is 2.37. The Kier molecular flexibility index (Phi) is 5.06. The zero-order chi connectivity index (χ0) is 14.1. The number of hydrogen-bond acceptors (Lipinski definition) is 3. The van der Waals surface area contributed by atoms with E-state index in [2.05, 4.69) is 0 Å². The van der Waals surface area contributed by atoms with Gasteiger partial charge in [0.2, 0.25) is 0 Å². The molecular formula is C15H20ClFN2O2. The van der Waals surface area contributed by atoms with Crippen LogP contribution < -0.4 is 10.5 Å². The van der Waals surface area contributed by atoms with E-state index in [9.17, 15) is 9.18 Å². The minimum atomic E-state index is -0.315. The second kappa shape index (κ2) is 6.62. The molecule has 1 aliphatic heterocycles. The van der Waals surface area contributed by atoms with Crippen LogP contribution in [0.3, 0.4) is 0 Å². The summed E-state index contributed by atoms with van der Waals surface area (Å²) in [5, 5.41) is 0. The maximum absolute atomic E-state index is 12.8. The van der Waals surface area contributed by atoms with Gasteiger partial charge in [-0.1, -0.05) is 0 Å². The molecule has 116 valence electrons. The van der Waals surface area contributed by atoms with Crippen molar-refractivity contribution in [2.75, 3.05) is 19.7 Å². The summed E-state index contributed by atoms with van der Waals surface area (Å²) < 4.78 is 18.2. The molecule has 1 heterocycles. The van der Waals surface area contributed by atoms with Gasteiger partial charge in [-0.3, -0.25) is 4.79 Å². The van der Waals surface area contributed by atoms with Gasteiger partial charge in [-0.05, 0) is 48.9 Å². The van der Waals surface area contributed by atoms with E-state index in [0.29, 0.717) is 17.6 Å². The number of nitrogens with two attached hydrogens (primary N) is 1. The Labute approximate surface area is 129 Å². The lowest BCUT2D eigenvalue weighted by atomic mass is 9.98. The first kappa shape index (κ1) is 16.0. The summed E-state index contributed by atoms with van der Waals surface area (Å²) >= 11 is 0. The monoisotopic (exact) mass is 314 g/mol. The number of hydrogen-bond donors (Lipinski definition) is 1. The molecule has 4 nitrogen and oxygen atoms in total. The molecule has 1 aromatic rings. The molecule has 2 fully saturated rings. The number of likely N-dealkylation sites (tertiary alicyclic amines) is 1. The number of fused-ring (bicyclic) bond motifs is 1. The van der Waals surface area contributed by atoms with E-state index in [0.717, 1.165) is 25.9 Å². The van der Waals surface area contributed by atoms with Crippen LogP contribution in [0.4, 0.5) is 4.39 Å². The van der Waals surface area contributed by atoms with Crippen molar-refractivity contribution < 1.29 is 13.9 Å². The van der Waals surface area contributed by atoms with Crippen molar-refractivity contribution in [1.29, 1.82) is 0 Å². The SMILES string of the molecule is Cl.NC1CCC2CN(C(=O)COc3ccc(F)cc3)CC12. The van der Waals surface area contributed by atoms with Crippen LogP contribution in [0.5, 0.6) is 5.75 Å². The highest BCUT2D eigenvalue weighted by Gasteiger charge is 2.42. The smallest absolute Gasteiger partial charge is 0.260 e. The number of ether oxygens (including phenoxy) is 1. The number of carbonyl (C=O) groups is 1. The zero-order valence-electron chi connectivity index (χ0n) is 11.7. The molecular weight excluding hydrogens is 295 g/mol. The molecule has 2 aliphatic rings. The first-order valence-corrected chi connectivity index (χ1v) is 7.05. The van der Waals surface area contributed by atoms with Crippen molar-refractivity contribution in [2.45, 2.75) is 18.9 Å². The van der Waals surface area contributed by atoms with Crippen LogP contribution in [0.1, 0.15) is 12.8 Å². The number of nitrogens with zero attached hydrogens (tertiary/aromatic N) is 1. The minimum Gasteiger partial charge on any atom is -0.484 e. The van der Waals surface area contributed by atoms with Crippen molar-refractivity contribution in [1.82, 2.24) is 4.90 Å². The molecule has 0 bridgehead atoms.